The Hall–Kier alpha value is -3.52. The fourth-order valence-corrected chi connectivity index (χ4v) is 4.20. The Morgan fingerprint density at radius 2 is 1.82 bits per heavy atom. The topological polar surface area (TPSA) is 77.3 Å². The van der Waals surface area contributed by atoms with Gasteiger partial charge < -0.3 is 23.6 Å². The largest absolute Gasteiger partial charge is 0.488 e. The number of rotatable bonds is 6. The molecule has 5 rings (SSSR count). The van der Waals surface area contributed by atoms with E-state index in [2.05, 4.69) is 16.1 Å². The quantitative estimate of drug-likeness (QED) is 0.569. The molecule has 172 valence electrons. The van der Waals surface area contributed by atoms with Gasteiger partial charge in [-0.1, -0.05) is 23.4 Å². The first-order valence-electron chi connectivity index (χ1n) is 11.1. The predicted molar refractivity (Wildman–Crippen MR) is 120 cm³/mol. The molecule has 8 heteroatoms. The molecule has 0 radical (unpaired) electrons. The summed E-state index contributed by atoms with van der Waals surface area (Å²) in [7, 11) is 0. The SMILES string of the molecule is Cc1noc(C)c1COc1ccccc1C(=O)N1CCN(Cc2ccc3c(c2)OCO3)CC1. The third-order valence-corrected chi connectivity index (χ3v) is 6.17. The van der Waals surface area contributed by atoms with Crippen LogP contribution in [0.15, 0.2) is 47.0 Å². The van der Waals surface area contributed by atoms with E-state index in [-0.39, 0.29) is 12.7 Å². The zero-order chi connectivity index (χ0) is 22.8. The van der Waals surface area contributed by atoms with Crippen molar-refractivity contribution in [3.8, 4) is 17.2 Å². The molecule has 3 heterocycles. The van der Waals surface area contributed by atoms with Gasteiger partial charge in [0.05, 0.1) is 16.8 Å². The number of fused-ring (bicyclic) bond motifs is 1. The number of aromatic nitrogens is 1. The summed E-state index contributed by atoms with van der Waals surface area (Å²) in [6, 6.07) is 13.5. The van der Waals surface area contributed by atoms with E-state index in [1.165, 1.54) is 5.56 Å². The number of nitrogens with zero attached hydrogens (tertiary/aromatic N) is 3. The highest BCUT2D eigenvalue weighted by Crippen LogP contribution is 2.33. The first-order chi connectivity index (χ1) is 16.1. The molecule has 0 bridgehead atoms. The molecule has 0 aliphatic carbocycles. The number of ether oxygens (including phenoxy) is 3. The van der Waals surface area contributed by atoms with E-state index in [1.54, 1.807) is 0 Å². The van der Waals surface area contributed by atoms with Gasteiger partial charge in [0.2, 0.25) is 6.79 Å². The van der Waals surface area contributed by atoms with Gasteiger partial charge in [0, 0.05) is 32.7 Å². The minimum absolute atomic E-state index is 0.00732. The van der Waals surface area contributed by atoms with Crippen molar-refractivity contribution in [1.29, 1.82) is 0 Å². The average Bonchev–Trinajstić information content (AvgIpc) is 3.43. The van der Waals surface area contributed by atoms with Gasteiger partial charge >= 0.3 is 0 Å². The van der Waals surface area contributed by atoms with Crippen molar-refractivity contribution in [3.63, 3.8) is 0 Å². The van der Waals surface area contributed by atoms with E-state index in [1.807, 2.05) is 55.1 Å². The van der Waals surface area contributed by atoms with E-state index in [0.29, 0.717) is 31.0 Å². The average molecular weight is 450 g/mol. The predicted octanol–water partition coefficient (Wildman–Crippen LogP) is 3.56. The third kappa shape index (κ3) is 4.52. The molecule has 1 aromatic heterocycles. The maximum absolute atomic E-state index is 13.3. The number of amides is 1. The second-order valence-corrected chi connectivity index (χ2v) is 8.34. The van der Waals surface area contributed by atoms with Gasteiger partial charge in [0.25, 0.3) is 5.91 Å². The molecule has 33 heavy (non-hydrogen) atoms. The van der Waals surface area contributed by atoms with Crippen LogP contribution in [0, 0.1) is 13.8 Å². The van der Waals surface area contributed by atoms with Crippen LogP contribution in [0.2, 0.25) is 0 Å². The second kappa shape index (κ2) is 9.15. The van der Waals surface area contributed by atoms with Gasteiger partial charge in [-0.2, -0.15) is 0 Å². The van der Waals surface area contributed by atoms with Gasteiger partial charge in [-0.25, -0.2) is 0 Å². The lowest BCUT2D eigenvalue weighted by atomic mass is 10.1. The van der Waals surface area contributed by atoms with Crippen LogP contribution in [0.25, 0.3) is 0 Å². The van der Waals surface area contributed by atoms with Crippen molar-refractivity contribution < 1.29 is 23.5 Å². The van der Waals surface area contributed by atoms with Crippen molar-refractivity contribution in [1.82, 2.24) is 15.0 Å². The maximum atomic E-state index is 13.3. The van der Waals surface area contributed by atoms with Crippen LogP contribution in [0.4, 0.5) is 0 Å². The molecule has 0 atom stereocenters. The van der Waals surface area contributed by atoms with Crippen LogP contribution >= 0.6 is 0 Å². The maximum Gasteiger partial charge on any atom is 0.257 e. The molecule has 0 saturated carbocycles. The highest BCUT2D eigenvalue weighted by molar-refractivity contribution is 5.97. The second-order valence-electron chi connectivity index (χ2n) is 8.34. The smallest absolute Gasteiger partial charge is 0.257 e. The molecule has 2 aliphatic rings. The Morgan fingerprint density at radius 1 is 1.03 bits per heavy atom. The van der Waals surface area contributed by atoms with Crippen molar-refractivity contribution in [3.05, 3.63) is 70.6 Å². The van der Waals surface area contributed by atoms with Crippen LogP contribution < -0.4 is 14.2 Å². The first kappa shape index (κ1) is 21.3. The summed E-state index contributed by atoms with van der Waals surface area (Å²) in [4.78, 5) is 17.5. The van der Waals surface area contributed by atoms with Crippen LogP contribution in [0.5, 0.6) is 17.2 Å². The first-order valence-corrected chi connectivity index (χ1v) is 11.1. The van der Waals surface area contributed by atoms with E-state index in [9.17, 15) is 4.79 Å². The summed E-state index contributed by atoms with van der Waals surface area (Å²) in [6.45, 7) is 8.11. The van der Waals surface area contributed by atoms with E-state index in [0.717, 1.165) is 48.2 Å². The Bertz CT molecular complexity index is 1130. The summed E-state index contributed by atoms with van der Waals surface area (Å²) < 4.78 is 22.1. The Morgan fingerprint density at radius 3 is 2.61 bits per heavy atom. The molecule has 1 fully saturated rings. The summed E-state index contributed by atoms with van der Waals surface area (Å²) in [5, 5.41) is 3.97. The van der Waals surface area contributed by atoms with E-state index in [4.69, 9.17) is 18.7 Å². The minimum Gasteiger partial charge on any atom is -0.488 e. The number of hydrogen-bond donors (Lipinski definition) is 0. The van der Waals surface area contributed by atoms with Gasteiger partial charge in [-0.3, -0.25) is 9.69 Å². The lowest BCUT2D eigenvalue weighted by Crippen LogP contribution is -2.48. The van der Waals surface area contributed by atoms with Crippen LogP contribution in [-0.4, -0.2) is 53.8 Å². The minimum atomic E-state index is -0.00732. The van der Waals surface area contributed by atoms with E-state index < -0.39 is 0 Å². The summed E-state index contributed by atoms with van der Waals surface area (Å²) in [6.07, 6.45) is 0. The molecular weight excluding hydrogens is 422 g/mol. The Labute approximate surface area is 192 Å². The zero-order valence-electron chi connectivity index (χ0n) is 18.9. The normalized spacial score (nSPS) is 15.6. The molecule has 8 nitrogen and oxygen atoms in total. The number of carbonyl (C=O) groups excluding carboxylic acids is 1. The highest BCUT2D eigenvalue weighted by Gasteiger charge is 2.25. The molecule has 2 aliphatic heterocycles. The molecule has 1 amide bonds. The molecular formula is C25H27N3O5. The summed E-state index contributed by atoms with van der Waals surface area (Å²) in [5.74, 6) is 2.89. The third-order valence-electron chi connectivity index (χ3n) is 6.17. The highest BCUT2D eigenvalue weighted by atomic mass is 16.7. The van der Waals surface area contributed by atoms with Crippen LogP contribution in [0.3, 0.4) is 0 Å². The fraction of sp³-hybridized carbons (Fsp3) is 0.360. The van der Waals surface area contributed by atoms with Gasteiger partial charge in [-0.05, 0) is 43.7 Å². The van der Waals surface area contributed by atoms with Crippen molar-refractivity contribution in [2.45, 2.75) is 27.0 Å². The van der Waals surface area contributed by atoms with Gasteiger partial charge in [0.15, 0.2) is 11.5 Å². The summed E-state index contributed by atoms with van der Waals surface area (Å²) >= 11 is 0. The van der Waals surface area contributed by atoms with Crippen molar-refractivity contribution in [2.75, 3.05) is 33.0 Å². The van der Waals surface area contributed by atoms with Crippen molar-refractivity contribution in [2.24, 2.45) is 0 Å². The van der Waals surface area contributed by atoms with E-state index >= 15 is 0 Å². The number of para-hydroxylation sites is 1. The fourth-order valence-electron chi connectivity index (χ4n) is 4.20. The molecule has 1 saturated heterocycles. The molecule has 2 aromatic carbocycles. The molecule has 3 aromatic rings. The number of benzene rings is 2. The van der Waals surface area contributed by atoms with Crippen LogP contribution in [-0.2, 0) is 13.2 Å². The zero-order valence-corrected chi connectivity index (χ0v) is 18.9. The van der Waals surface area contributed by atoms with Gasteiger partial charge in [-0.15, -0.1) is 0 Å². The Kier molecular flexibility index (Phi) is 5.92. The standard InChI is InChI=1S/C25H27N3O5/c1-17-21(18(2)33-26-17)15-30-22-6-4-3-5-20(22)25(29)28-11-9-27(10-12-28)14-19-7-8-23-24(13-19)32-16-31-23/h3-8,13H,9-12,14-16H2,1-2H3. The summed E-state index contributed by atoms with van der Waals surface area (Å²) in [5.41, 5.74) is 3.47. The number of hydrogen-bond acceptors (Lipinski definition) is 7. The molecule has 0 unspecified atom stereocenters. The lowest BCUT2D eigenvalue weighted by Gasteiger charge is -2.35. The lowest BCUT2D eigenvalue weighted by molar-refractivity contribution is 0.0624. The Balaban J connectivity index is 1.20. The van der Waals surface area contributed by atoms with Crippen molar-refractivity contribution >= 4 is 5.91 Å². The number of aryl methyl sites for hydroxylation is 2. The number of piperazine rings is 1. The molecule has 0 spiro atoms. The molecule has 0 N–H and O–H groups in total. The number of carbonyl (C=O) groups is 1. The van der Waals surface area contributed by atoms with Gasteiger partial charge in [0.1, 0.15) is 18.1 Å². The van der Waals surface area contributed by atoms with Crippen LogP contribution in [0.1, 0.15) is 32.9 Å². The monoisotopic (exact) mass is 449 g/mol.